The first-order valence-electron chi connectivity index (χ1n) is 9.25. The van der Waals surface area contributed by atoms with Crippen LogP contribution in [0.3, 0.4) is 0 Å². The number of carbonyl (C=O) groups is 1. The van der Waals surface area contributed by atoms with Crippen LogP contribution in [0.15, 0.2) is 77.7 Å². The normalized spacial score (nSPS) is 11.3. The molecule has 156 valence electrons. The second kappa shape index (κ2) is 8.33. The van der Waals surface area contributed by atoms with Gasteiger partial charge in [-0.3, -0.25) is 9.52 Å². The molecule has 0 aliphatic carbocycles. The second-order valence-electron chi connectivity index (χ2n) is 6.73. The fraction of sp³-hybridized carbons (Fsp3) is 0.0455. The van der Waals surface area contributed by atoms with Gasteiger partial charge >= 0.3 is 0 Å². The molecule has 0 saturated carbocycles. The zero-order valence-corrected chi connectivity index (χ0v) is 17.9. The summed E-state index contributed by atoms with van der Waals surface area (Å²) in [5.41, 5.74) is 2.19. The van der Waals surface area contributed by atoms with Crippen molar-refractivity contribution in [2.75, 3.05) is 10.0 Å². The lowest BCUT2D eigenvalue weighted by Gasteiger charge is -2.14. The minimum absolute atomic E-state index is 0.000476. The molecule has 9 heteroatoms. The SMILES string of the molecule is CC(=O)c1cccc(Nc2nc3ccccc3nc2NS(=O)(=O)c2cccc(Cl)c2)c1. The van der Waals surface area contributed by atoms with E-state index in [4.69, 9.17) is 11.6 Å². The molecule has 0 unspecified atom stereocenters. The van der Waals surface area contributed by atoms with E-state index in [1.54, 1.807) is 54.6 Å². The Morgan fingerprint density at radius 3 is 2.23 bits per heavy atom. The van der Waals surface area contributed by atoms with Gasteiger partial charge in [-0.25, -0.2) is 18.4 Å². The van der Waals surface area contributed by atoms with Gasteiger partial charge in [0.1, 0.15) is 0 Å². The van der Waals surface area contributed by atoms with Crippen LogP contribution in [0.4, 0.5) is 17.3 Å². The number of sulfonamides is 1. The lowest BCUT2D eigenvalue weighted by atomic mass is 10.1. The van der Waals surface area contributed by atoms with Crippen molar-refractivity contribution in [1.29, 1.82) is 0 Å². The van der Waals surface area contributed by atoms with Gasteiger partial charge in [0.2, 0.25) is 0 Å². The van der Waals surface area contributed by atoms with E-state index < -0.39 is 10.0 Å². The molecule has 0 atom stereocenters. The predicted octanol–water partition coefficient (Wildman–Crippen LogP) is 5.03. The molecule has 0 aliphatic heterocycles. The van der Waals surface area contributed by atoms with Gasteiger partial charge in [0.05, 0.1) is 15.9 Å². The molecule has 7 nitrogen and oxygen atoms in total. The minimum Gasteiger partial charge on any atom is -0.337 e. The van der Waals surface area contributed by atoms with Crippen LogP contribution < -0.4 is 10.0 Å². The number of carbonyl (C=O) groups excluding carboxylic acids is 1. The summed E-state index contributed by atoms with van der Waals surface area (Å²) in [6.45, 7) is 1.47. The number of ketones is 1. The molecule has 0 fully saturated rings. The molecule has 0 aliphatic rings. The monoisotopic (exact) mass is 452 g/mol. The molecule has 3 aromatic carbocycles. The first-order valence-corrected chi connectivity index (χ1v) is 11.1. The lowest BCUT2D eigenvalue weighted by Crippen LogP contribution is -2.16. The number of nitrogens with one attached hydrogen (secondary N) is 2. The third-order valence-electron chi connectivity index (χ3n) is 4.44. The predicted molar refractivity (Wildman–Crippen MR) is 122 cm³/mol. The molecular weight excluding hydrogens is 436 g/mol. The van der Waals surface area contributed by atoms with Crippen molar-refractivity contribution >= 4 is 55.8 Å². The van der Waals surface area contributed by atoms with Crippen molar-refractivity contribution in [2.24, 2.45) is 0 Å². The van der Waals surface area contributed by atoms with E-state index in [1.165, 1.54) is 19.1 Å². The van der Waals surface area contributed by atoms with Crippen molar-refractivity contribution in [3.05, 3.63) is 83.4 Å². The van der Waals surface area contributed by atoms with Crippen LogP contribution in [0.2, 0.25) is 5.02 Å². The number of anilines is 3. The largest absolute Gasteiger partial charge is 0.337 e. The number of halogens is 1. The highest BCUT2D eigenvalue weighted by Crippen LogP contribution is 2.28. The van der Waals surface area contributed by atoms with Crippen LogP contribution in [0.25, 0.3) is 11.0 Å². The Labute approximate surface area is 184 Å². The minimum atomic E-state index is -3.97. The quantitative estimate of drug-likeness (QED) is 0.398. The smallest absolute Gasteiger partial charge is 0.263 e. The van der Waals surface area contributed by atoms with E-state index >= 15 is 0 Å². The average molecular weight is 453 g/mol. The third-order valence-corrected chi connectivity index (χ3v) is 6.01. The van der Waals surface area contributed by atoms with Gasteiger partial charge in [-0.1, -0.05) is 41.9 Å². The zero-order valence-electron chi connectivity index (χ0n) is 16.3. The highest BCUT2D eigenvalue weighted by atomic mass is 35.5. The Hall–Kier alpha value is -3.49. The van der Waals surface area contributed by atoms with E-state index in [0.717, 1.165) is 0 Å². The first kappa shape index (κ1) is 20.8. The molecule has 2 N–H and O–H groups in total. The van der Waals surface area contributed by atoms with Crippen LogP contribution in [-0.4, -0.2) is 24.2 Å². The van der Waals surface area contributed by atoms with Crippen molar-refractivity contribution in [3.8, 4) is 0 Å². The van der Waals surface area contributed by atoms with E-state index in [2.05, 4.69) is 20.0 Å². The number of benzene rings is 3. The maximum atomic E-state index is 12.9. The van der Waals surface area contributed by atoms with Gasteiger partial charge in [-0.2, -0.15) is 0 Å². The van der Waals surface area contributed by atoms with E-state index in [9.17, 15) is 13.2 Å². The molecule has 4 aromatic rings. The zero-order chi connectivity index (χ0) is 22.0. The number of aromatic nitrogens is 2. The summed E-state index contributed by atoms with van der Waals surface area (Å²) in [5.74, 6) is 0.132. The summed E-state index contributed by atoms with van der Waals surface area (Å²) in [7, 11) is -3.97. The van der Waals surface area contributed by atoms with Gasteiger partial charge in [0, 0.05) is 16.3 Å². The highest BCUT2D eigenvalue weighted by molar-refractivity contribution is 7.92. The molecule has 0 amide bonds. The number of nitrogens with zero attached hydrogens (tertiary/aromatic N) is 2. The van der Waals surface area contributed by atoms with E-state index in [0.29, 0.717) is 27.3 Å². The Morgan fingerprint density at radius 1 is 0.871 bits per heavy atom. The fourth-order valence-electron chi connectivity index (χ4n) is 2.93. The molecule has 0 saturated heterocycles. The molecule has 4 rings (SSSR count). The summed E-state index contributed by atoms with van der Waals surface area (Å²) in [4.78, 5) is 20.7. The number of para-hydroxylation sites is 2. The molecule has 0 spiro atoms. The Bertz CT molecular complexity index is 1410. The first-order chi connectivity index (χ1) is 14.8. The van der Waals surface area contributed by atoms with Gasteiger partial charge in [0.25, 0.3) is 10.0 Å². The number of fused-ring (bicyclic) bond motifs is 1. The average Bonchev–Trinajstić information content (AvgIpc) is 2.74. The highest BCUT2D eigenvalue weighted by Gasteiger charge is 2.19. The van der Waals surface area contributed by atoms with Crippen molar-refractivity contribution < 1.29 is 13.2 Å². The summed E-state index contributed by atoms with van der Waals surface area (Å²) in [6, 6.07) is 19.9. The molecular formula is C22H17ClN4O3S. The van der Waals surface area contributed by atoms with Crippen molar-refractivity contribution in [3.63, 3.8) is 0 Å². The summed E-state index contributed by atoms with van der Waals surface area (Å²) in [5, 5.41) is 3.36. The number of Topliss-reactive ketones (excluding diaryl/α,β-unsaturated/α-hetero) is 1. The fourth-order valence-corrected chi connectivity index (χ4v) is 4.24. The van der Waals surface area contributed by atoms with Crippen LogP contribution >= 0.6 is 11.6 Å². The molecule has 1 aromatic heterocycles. The van der Waals surface area contributed by atoms with Crippen molar-refractivity contribution in [2.45, 2.75) is 11.8 Å². The van der Waals surface area contributed by atoms with Gasteiger partial charge < -0.3 is 5.32 Å². The van der Waals surface area contributed by atoms with E-state index in [-0.39, 0.29) is 22.3 Å². The maximum absolute atomic E-state index is 12.9. The molecule has 1 heterocycles. The third kappa shape index (κ3) is 4.65. The number of hydrogen-bond acceptors (Lipinski definition) is 6. The molecule has 0 radical (unpaired) electrons. The summed E-state index contributed by atoms with van der Waals surface area (Å²) in [6.07, 6.45) is 0. The van der Waals surface area contributed by atoms with Gasteiger partial charge in [-0.05, 0) is 49.4 Å². The lowest BCUT2D eigenvalue weighted by molar-refractivity contribution is 0.101. The number of hydrogen-bond donors (Lipinski definition) is 2. The van der Waals surface area contributed by atoms with Gasteiger partial charge in [0.15, 0.2) is 17.4 Å². The Morgan fingerprint density at radius 2 is 1.55 bits per heavy atom. The van der Waals surface area contributed by atoms with E-state index in [1.807, 2.05) is 6.07 Å². The van der Waals surface area contributed by atoms with Crippen LogP contribution in [0.5, 0.6) is 0 Å². The number of rotatable bonds is 6. The summed E-state index contributed by atoms with van der Waals surface area (Å²) < 4.78 is 28.3. The standard InChI is InChI=1S/C22H17ClN4O3S/c1-14(28)15-6-4-8-17(12-15)24-21-22(26-20-11-3-2-10-19(20)25-21)27-31(29,30)18-9-5-7-16(23)13-18/h2-13H,1H3,(H,24,25)(H,26,27). The van der Waals surface area contributed by atoms with Crippen LogP contribution in [0, 0.1) is 0 Å². The van der Waals surface area contributed by atoms with Crippen molar-refractivity contribution in [1.82, 2.24) is 9.97 Å². The molecule has 0 bridgehead atoms. The topological polar surface area (TPSA) is 101 Å². The Balaban J connectivity index is 1.78. The Kier molecular flexibility index (Phi) is 5.58. The van der Waals surface area contributed by atoms with Crippen LogP contribution in [-0.2, 0) is 10.0 Å². The second-order valence-corrected chi connectivity index (χ2v) is 8.85. The summed E-state index contributed by atoms with van der Waals surface area (Å²) >= 11 is 5.95. The van der Waals surface area contributed by atoms with Gasteiger partial charge in [-0.15, -0.1) is 0 Å². The maximum Gasteiger partial charge on any atom is 0.263 e. The molecule has 31 heavy (non-hydrogen) atoms. The van der Waals surface area contributed by atoms with Crippen LogP contribution in [0.1, 0.15) is 17.3 Å².